The second kappa shape index (κ2) is 7.96. The molecular formula is C19H25N3O2. The fourth-order valence-corrected chi connectivity index (χ4v) is 3.01. The number of nitrogens with zero attached hydrogens (tertiary/aromatic N) is 2. The first-order valence-corrected chi connectivity index (χ1v) is 8.63. The van der Waals surface area contributed by atoms with E-state index in [9.17, 15) is 9.59 Å². The fourth-order valence-electron chi connectivity index (χ4n) is 3.01. The Bertz CT molecular complexity index is 633. The van der Waals surface area contributed by atoms with Gasteiger partial charge in [-0.2, -0.15) is 5.26 Å². The second-order valence-electron chi connectivity index (χ2n) is 6.63. The van der Waals surface area contributed by atoms with Crippen molar-refractivity contribution in [2.45, 2.75) is 64.5 Å². The maximum atomic E-state index is 12.7. The largest absolute Gasteiger partial charge is 0.325 e. The van der Waals surface area contributed by atoms with Crippen LogP contribution in [0.3, 0.4) is 0 Å². The molecule has 3 amide bonds. The van der Waals surface area contributed by atoms with Crippen LogP contribution in [-0.4, -0.2) is 22.4 Å². The molecule has 0 radical (unpaired) electrons. The molecule has 1 saturated heterocycles. The second-order valence-corrected chi connectivity index (χ2v) is 6.63. The first-order valence-electron chi connectivity index (χ1n) is 8.63. The molecule has 0 aliphatic carbocycles. The number of amides is 3. The Balaban J connectivity index is 1.95. The minimum Gasteiger partial charge on any atom is -0.323 e. The lowest BCUT2D eigenvalue weighted by molar-refractivity contribution is -0.131. The SMILES string of the molecule is CCCCCCC[C@@]1(C)NC(=O)N(Cc2ccc(C#N)cc2)C1=O. The summed E-state index contributed by atoms with van der Waals surface area (Å²) < 4.78 is 0. The summed E-state index contributed by atoms with van der Waals surface area (Å²) in [6, 6.07) is 8.67. The van der Waals surface area contributed by atoms with Gasteiger partial charge in [-0.1, -0.05) is 51.2 Å². The van der Waals surface area contributed by atoms with Crippen molar-refractivity contribution in [3.8, 4) is 6.07 Å². The maximum absolute atomic E-state index is 12.7. The van der Waals surface area contributed by atoms with Crippen molar-refractivity contribution >= 4 is 11.9 Å². The molecule has 2 rings (SSSR count). The molecule has 1 N–H and O–H groups in total. The van der Waals surface area contributed by atoms with E-state index in [1.165, 1.54) is 24.2 Å². The Labute approximate surface area is 143 Å². The molecule has 0 spiro atoms. The van der Waals surface area contributed by atoms with Crippen molar-refractivity contribution in [2.24, 2.45) is 0 Å². The number of nitrogens with one attached hydrogen (secondary N) is 1. The molecule has 1 aliphatic heterocycles. The predicted octanol–water partition coefficient (Wildman–Crippen LogP) is 3.73. The molecular weight excluding hydrogens is 302 g/mol. The number of urea groups is 1. The lowest BCUT2D eigenvalue weighted by Gasteiger charge is -2.21. The number of nitriles is 1. The summed E-state index contributed by atoms with van der Waals surface area (Å²) in [6.45, 7) is 4.22. The van der Waals surface area contributed by atoms with E-state index in [4.69, 9.17) is 5.26 Å². The van der Waals surface area contributed by atoms with Crippen LogP contribution < -0.4 is 5.32 Å². The molecule has 128 valence electrons. The molecule has 0 unspecified atom stereocenters. The van der Waals surface area contributed by atoms with Gasteiger partial charge in [-0.15, -0.1) is 0 Å². The summed E-state index contributed by atoms with van der Waals surface area (Å²) in [5.74, 6) is -0.160. The third kappa shape index (κ3) is 4.14. The van der Waals surface area contributed by atoms with Gasteiger partial charge in [0.1, 0.15) is 5.54 Å². The lowest BCUT2D eigenvalue weighted by atomic mass is 9.94. The van der Waals surface area contributed by atoms with Crippen molar-refractivity contribution in [3.05, 3.63) is 35.4 Å². The molecule has 5 nitrogen and oxygen atoms in total. The number of benzene rings is 1. The monoisotopic (exact) mass is 327 g/mol. The Morgan fingerprint density at radius 2 is 1.79 bits per heavy atom. The molecule has 0 bridgehead atoms. The Hall–Kier alpha value is -2.35. The van der Waals surface area contributed by atoms with Crippen LogP contribution >= 0.6 is 0 Å². The smallest absolute Gasteiger partial charge is 0.323 e. The fraction of sp³-hybridized carbons (Fsp3) is 0.526. The Morgan fingerprint density at radius 3 is 2.42 bits per heavy atom. The van der Waals surface area contributed by atoms with Gasteiger partial charge in [-0.3, -0.25) is 9.69 Å². The predicted molar refractivity (Wildman–Crippen MR) is 92.0 cm³/mol. The average Bonchev–Trinajstić information content (AvgIpc) is 2.79. The van der Waals surface area contributed by atoms with Gasteiger partial charge in [0, 0.05) is 0 Å². The summed E-state index contributed by atoms with van der Waals surface area (Å²) in [5, 5.41) is 11.7. The van der Waals surface area contributed by atoms with Gasteiger partial charge in [-0.05, 0) is 31.0 Å². The molecule has 5 heteroatoms. The quantitative estimate of drug-likeness (QED) is 0.584. The summed E-state index contributed by atoms with van der Waals surface area (Å²) in [4.78, 5) is 26.2. The highest BCUT2D eigenvalue weighted by Crippen LogP contribution is 2.25. The van der Waals surface area contributed by atoms with Gasteiger partial charge < -0.3 is 5.32 Å². The standard InChI is InChI=1S/C19H25N3O2/c1-3-4-5-6-7-12-19(2)17(23)22(18(24)21-19)14-16-10-8-15(13-20)9-11-16/h8-11H,3-7,12,14H2,1-2H3,(H,21,24)/t19-/m1/s1. The van der Waals surface area contributed by atoms with Gasteiger partial charge >= 0.3 is 6.03 Å². The Morgan fingerprint density at radius 1 is 1.12 bits per heavy atom. The topological polar surface area (TPSA) is 73.2 Å². The molecule has 1 aliphatic rings. The van der Waals surface area contributed by atoms with Crippen LogP contribution in [0.5, 0.6) is 0 Å². The number of hydrogen-bond acceptors (Lipinski definition) is 3. The molecule has 0 aromatic heterocycles. The number of carbonyl (C=O) groups is 2. The molecule has 24 heavy (non-hydrogen) atoms. The molecule has 1 aromatic carbocycles. The van der Waals surface area contributed by atoms with Crippen LogP contribution in [0.15, 0.2) is 24.3 Å². The van der Waals surface area contributed by atoms with E-state index in [0.717, 1.165) is 18.4 Å². The first-order chi connectivity index (χ1) is 11.5. The van der Waals surface area contributed by atoms with Crippen LogP contribution in [-0.2, 0) is 11.3 Å². The number of carbonyl (C=O) groups excluding carboxylic acids is 2. The zero-order valence-corrected chi connectivity index (χ0v) is 14.5. The van der Waals surface area contributed by atoms with Gasteiger partial charge in [-0.25, -0.2) is 4.79 Å². The van der Waals surface area contributed by atoms with Crippen LogP contribution in [0.1, 0.15) is 63.5 Å². The van der Waals surface area contributed by atoms with E-state index in [2.05, 4.69) is 18.3 Å². The number of imide groups is 1. The van der Waals surface area contributed by atoms with E-state index in [1.54, 1.807) is 24.3 Å². The summed E-state index contributed by atoms with van der Waals surface area (Å²) in [6.07, 6.45) is 6.26. The van der Waals surface area contributed by atoms with Crippen molar-refractivity contribution in [1.82, 2.24) is 10.2 Å². The number of unbranched alkanes of at least 4 members (excludes halogenated alkanes) is 4. The van der Waals surface area contributed by atoms with E-state index < -0.39 is 5.54 Å². The van der Waals surface area contributed by atoms with Crippen LogP contribution in [0.25, 0.3) is 0 Å². The minimum absolute atomic E-state index is 0.160. The van der Waals surface area contributed by atoms with Crippen LogP contribution in [0.2, 0.25) is 0 Å². The normalized spacial score (nSPS) is 20.1. The van der Waals surface area contributed by atoms with Gasteiger partial charge in [0.05, 0.1) is 18.2 Å². The van der Waals surface area contributed by atoms with Crippen LogP contribution in [0, 0.1) is 11.3 Å². The first kappa shape index (κ1) is 18.0. The van der Waals surface area contributed by atoms with E-state index in [1.807, 2.05) is 6.92 Å². The summed E-state index contributed by atoms with van der Waals surface area (Å²) in [5.41, 5.74) is 0.605. The van der Waals surface area contributed by atoms with Gasteiger partial charge in [0.15, 0.2) is 0 Å². The minimum atomic E-state index is -0.796. The Kier molecular flexibility index (Phi) is 5.97. The van der Waals surface area contributed by atoms with E-state index >= 15 is 0 Å². The number of rotatable bonds is 8. The maximum Gasteiger partial charge on any atom is 0.325 e. The molecule has 1 aromatic rings. The third-order valence-electron chi connectivity index (χ3n) is 4.55. The molecule has 0 saturated carbocycles. The molecule has 1 atom stereocenters. The zero-order valence-electron chi connectivity index (χ0n) is 14.5. The van der Waals surface area contributed by atoms with Crippen molar-refractivity contribution in [1.29, 1.82) is 5.26 Å². The summed E-state index contributed by atoms with van der Waals surface area (Å²) >= 11 is 0. The van der Waals surface area contributed by atoms with Crippen molar-refractivity contribution in [2.75, 3.05) is 0 Å². The summed E-state index contributed by atoms with van der Waals surface area (Å²) in [7, 11) is 0. The average molecular weight is 327 g/mol. The highest BCUT2D eigenvalue weighted by molar-refractivity contribution is 6.06. The highest BCUT2D eigenvalue weighted by atomic mass is 16.2. The van der Waals surface area contributed by atoms with Gasteiger partial charge in [0.2, 0.25) is 0 Å². The van der Waals surface area contributed by atoms with E-state index in [-0.39, 0.29) is 18.5 Å². The number of hydrogen-bond donors (Lipinski definition) is 1. The lowest BCUT2D eigenvalue weighted by Crippen LogP contribution is -2.43. The molecule has 1 heterocycles. The zero-order chi connectivity index (χ0) is 17.6. The van der Waals surface area contributed by atoms with Crippen molar-refractivity contribution in [3.63, 3.8) is 0 Å². The highest BCUT2D eigenvalue weighted by Gasteiger charge is 2.46. The third-order valence-corrected chi connectivity index (χ3v) is 4.55. The molecule has 1 fully saturated rings. The van der Waals surface area contributed by atoms with Crippen molar-refractivity contribution < 1.29 is 9.59 Å². The van der Waals surface area contributed by atoms with E-state index in [0.29, 0.717) is 12.0 Å². The van der Waals surface area contributed by atoms with Crippen LogP contribution in [0.4, 0.5) is 4.79 Å². The van der Waals surface area contributed by atoms with Gasteiger partial charge in [0.25, 0.3) is 5.91 Å².